The second-order valence-corrected chi connectivity index (χ2v) is 3.58. The van der Waals surface area contributed by atoms with Gasteiger partial charge in [0.05, 0.1) is 6.10 Å². The van der Waals surface area contributed by atoms with E-state index in [1.165, 1.54) is 7.11 Å². The molecule has 1 N–H and O–H groups in total. The number of methoxy groups -OCH3 is 1. The Morgan fingerprint density at radius 3 is 2.81 bits per heavy atom. The van der Waals surface area contributed by atoms with Crippen molar-refractivity contribution in [3.05, 3.63) is 11.4 Å². The monoisotopic (exact) mass is 227 g/mol. The fourth-order valence-corrected chi connectivity index (χ4v) is 1.46. The molecule has 1 unspecified atom stereocenters. The SMILES string of the molecule is CCCCn1nnc(C(=O)O)c1C(C)OC. The van der Waals surface area contributed by atoms with Gasteiger partial charge in [0.2, 0.25) is 0 Å². The highest BCUT2D eigenvalue weighted by Crippen LogP contribution is 2.19. The van der Waals surface area contributed by atoms with Gasteiger partial charge in [-0.3, -0.25) is 0 Å². The van der Waals surface area contributed by atoms with Gasteiger partial charge in [-0.15, -0.1) is 5.10 Å². The van der Waals surface area contributed by atoms with Crippen LogP contribution < -0.4 is 0 Å². The third-order valence-corrected chi connectivity index (χ3v) is 2.44. The molecule has 0 aliphatic carbocycles. The van der Waals surface area contributed by atoms with Crippen LogP contribution in [0.4, 0.5) is 0 Å². The molecule has 1 rings (SSSR count). The van der Waals surface area contributed by atoms with Crippen molar-refractivity contribution in [1.82, 2.24) is 15.0 Å². The zero-order valence-corrected chi connectivity index (χ0v) is 9.80. The van der Waals surface area contributed by atoms with E-state index in [0.717, 1.165) is 12.8 Å². The van der Waals surface area contributed by atoms with Gasteiger partial charge >= 0.3 is 5.97 Å². The topological polar surface area (TPSA) is 77.2 Å². The molecule has 0 amide bonds. The molecule has 0 aromatic carbocycles. The summed E-state index contributed by atoms with van der Waals surface area (Å²) in [7, 11) is 1.54. The Balaban J connectivity index is 3.04. The molecule has 0 aliphatic heterocycles. The summed E-state index contributed by atoms with van der Waals surface area (Å²) in [4.78, 5) is 11.0. The minimum absolute atomic E-state index is 0.0227. The number of aromatic carboxylic acids is 1. The summed E-state index contributed by atoms with van der Waals surface area (Å²) in [5.41, 5.74) is 0.508. The van der Waals surface area contributed by atoms with Crippen molar-refractivity contribution in [3.63, 3.8) is 0 Å². The van der Waals surface area contributed by atoms with Crippen LogP contribution in [-0.4, -0.2) is 33.2 Å². The van der Waals surface area contributed by atoms with Gasteiger partial charge in [-0.25, -0.2) is 9.48 Å². The van der Waals surface area contributed by atoms with E-state index in [-0.39, 0.29) is 11.8 Å². The molecule has 0 aliphatic rings. The number of hydrogen-bond donors (Lipinski definition) is 1. The summed E-state index contributed by atoms with van der Waals surface area (Å²) < 4.78 is 6.75. The largest absolute Gasteiger partial charge is 0.476 e. The Morgan fingerprint density at radius 2 is 2.31 bits per heavy atom. The first-order valence-corrected chi connectivity index (χ1v) is 5.31. The molecule has 0 saturated carbocycles. The summed E-state index contributed by atoms with van der Waals surface area (Å²) in [6, 6.07) is 0. The van der Waals surface area contributed by atoms with Crippen LogP contribution in [0.3, 0.4) is 0 Å². The first-order valence-electron chi connectivity index (χ1n) is 5.31. The Labute approximate surface area is 94.2 Å². The molecular weight excluding hydrogens is 210 g/mol. The Morgan fingerprint density at radius 1 is 1.62 bits per heavy atom. The van der Waals surface area contributed by atoms with Gasteiger partial charge < -0.3 is 9.84 Å². The molecule has 1 atom stereocenters. The molecule has 0 saturated heterocycles. The number of carbonyl (C=O) groups is 1. The van der Waals surface area contributed by atoms with Gasteiger partial charge in [0, 0.05) is 13.7 Å². The summed E-state index contributed by atoms with van der Waals surface area (Å²) in [5.74, 6) is -1.07. The van der Waals surface area contributed by atoms with Crippen molar-refractivity contribution in [2.24, 2.45) is 0 Å². The molecule has 6 heteroatoms. The van der Waals surface area contributed by atoms with Crippen LogP contribution in [0.2, 0.25) is 0 Å². The maximum atomic E-state index is 11.0. The van der Waals surface area contributed by atoms with E-state index >= 15 is 0 Å². The minimum Gasteiger partial charge on any atom is -0.476 e. The van der Waals surface area contributed by atoms with Crippen LogP contribution in [0.15, 0.2) is 0 Å². The van der Waals surface area contributed by atoms with Gasteiger partial charge in [-0.05, 0) is 13.3 Å². The number of aromatic nitrogens is 3. The molecule has 0 bridgehead atoms. The highest BCUT2D eigenvalue weighted by molar-refractivity contribution is 5.86. The average Bonchev–Trinajstić information content (AvgIpc) is 2.69. The molecule has 0 fully saturated rings. The van der Waals surface area contributed by atoms with Gasteiger partial charge in [0.25, 0.3) is 0 Å². The maximum Gasteiger partial charge on any atom is 0.358 e. The molecular formula is C10H17N3O3. The van der Waals surface area contributed by atoms with Crippen LogP contribution in [-0.2, 0) is 11.3 Å². The lowest BCUT2D eigenvalue weighted by Crippen LogP contribution is -2.12. The van der Waals surface area contributed by atoms with Crippen LogP contribution in [0.5, 0.6) is 0 Å². The standard InChI is InChI=1S/C10H17N3O3/c1-4-5-6-13-9(7(2)16-3)8(10(14)15)11-12-13/h7H,4-6H2,1-3H3,(H,14,15). The molecule has 1 aromatic heterocycles. The van der Waals surface area contributed by atoms with E-state index in [1.54, 1.807) is 11.6 Å². The summed E-state index contributed by atoms with van der Waals surface area (Å²) >= 11 is 0. The molecule has 90 valence electrons. The first-order chi connectivity index (χ1) is 7.61. The number of ether oxygens (including phenoxy) is 1. The first kappa shape index (κ1) is 12.6. The van der Waals surface area contributed by atoms with E-state index in [4.69, 9.17) is 9.84 Å². The number of carboxylic acids is 1. The fraction of sp³-hybridized carbons (Fsp3) is 0.700. The van der Waals surface area contributed by atoms with Crippen LogP contribution in [0.25, 0.3) is 0 Å². The van der Waals surface area contributed by atoms with E-state index in [0.29, 0.717) is 12.2 Å². The number of unbranched alkanes of at least 4 members (excludes halogenated alkanes) is 1. The zero-order chi connectivity index (χ0) is 12.1. The van der Waals surface area contributed by atoms with Gasteiger partial charge in [0.15, 0.2) is 5.69 Å². The predicted molar refractivity (Wildman–Crippen MR) is 57.3 cm³/mol. The number of carboxylic acid groups (broad SMARTS) is 1. The minimum atomic E-state index is -1.07. The van der Waals surface area contributed by atoms with E-state index in [9.17, 15) is 4.79 Å². The lowest BCUT2D eigenvalue weighted by atomic mass is 10.2. The third kappa shape index (κ3) is 2.57. The third-order valence-electron chi connectivity index (χ3n) is 2.44. The van der Waals surface area contributed by atoms with Crippen molar-refractivity contribution in [2.45, 2.75) is 39.3 Å². The summed E-state index contributed by atoms with van der Waals surface area (Å²) in [5, 5.41) is 16.5. The maximum absolute atomic E-state index is 11.0. The van der Waals surface area contributed by atoms with E-state index in [1.807, 2.05) is 0 Å². The number of nitrogens with zero attached hydrogens (tertiary/aromatic N) is 3. The Hall–Kier alpha value is -1.43. The second-order valence-electron chi connectivity index (χ2n) is 3.58. The van der Waals surface area contributed by atoms with Crippen LogP contribution >= 0.6 is 0 Å². The van der Waals surface area contributed by atoms with Gasteiger partial charge in [0.1, 0.15) is 5.69 Å². The molecule has 1 aromatic rings. The Bertz CT molecular complexity index is 362. The lowest BCUT2D eigenvalue weighted by molar-refractivity contribution is 0.0673. The van der Waals surface area contributed by atoms with Crippen LogP contribution in [0.1, 0.15) is 49.0 Å². The molecule has 0 radical (unpaired) electrons. The molecule has 1 heterocycles. The highest BCUT2D eigenvalue weighted by atomic mass is 16.5. The lowest BCUT2D eigenvalue weighted by Gasteiger charge is -2.12. The highest BCUT2D eigenvalue weighted by Gasteiger charge is 2.23. The fourth-order valence-electron chi connectivity index (χ4n) is 1.46. The average molecular weight is 227 g/mol. The summed E-state index contributed by atoms with van der Waals surface area (Å²) in [6.45, 7) is 4.52. The smallest absolute Gasteiger partial charge is 0.358 e. The normalized spacial score (nSPS) is 12.7. The van der Waals surface area contributed by atoms with Crippen LogP contribution in [0, 0.1) is 0 Å². The number of hydrogen-bond acceptors (Lipinski definition) is 4. The molecule has 6 nitrogen and oxygen atoms in total. The predicted octanol–water partition coefficient (Wildman–Crippen LogP) is 1.48. The quantitative estimate of drug-likeness (QED) is 0.796. The van der Waals surface area contributed by atoms with Crippen molar-refractivity contribution in [2.75, 3.05) is 7.11 Å². The molecule has 16 heavy (non-hydrogen) atoms. The van der Waals surface area contributed by atoms with Crippen molar-refractivity contribution in [1.29, 1.82) is 0 Å². The molecule has 0 spiro atoms. The van der Waals surface area contributed by atoms with Crippen molar-refractivity contribution < 1.29 is 14.6 Å². The second kappa shape index (κ2) is 5.60. The summed E-state index contributed by atoms with van der Waals surface area (Å²) in [6.07, 6.45) is 1.63. The Kier molecular flexibility index (Phi) is 4.42. The van der Waals surface area contributed by atoms with E-state index < -0.39 is 5.97 Å². The van der Waals surface area contributed by atoms with Gasteiger partial charge in [-0.2, -0.15) is 0 Å². The van der Waals surface area contributed by atoms with Gasteiger partial charge in [-0.1, -0.05) is 18.6 Å². The number of rotatable bonds is 6. The zero-order valence-electron chi connectivity index (χ0n) is 9.80. The van der Waals surface area contributed by atoms with E-state index in [2.05, 4.69) is 17.2 Å². The number of aryl methyl sites for hydroxylation is 1. The van der Waals surface area contributed by atoms with Crippen molar-refractivity contribution in [3.8, 4) is 0 Å². The van der Waals surface area contributed by atoms with Crippen molar-refractivity contribution >= 4 is 5.97 Å².